The molecule has 2 aromatic rings. The summed E-state index contributed by atoms with van der Waals surface area (Å²) < 4.78 is 0. The topological polar surface area (TPSA) is 0 Å². The summed E-state index contributed by atoms with van der Waals surface area (Å²) in [5.41, 5.74) is 4.55. The first kappa shape index (κ1) is 9.71. The minimum Gasteiger partial charge on any atom is -0.0742 e. The first-order chi connectivity index (χ1) is 7.95. The molecule has 16 heavy (non-hydrogen) atoms. The molecule has 0 aliphatic carbocycles. The molecular weight excluding hydrogens is 191 g/mol. The van der Waals surface area contributed by atoms with Gasteiger partial charge in [-0.05, 0) is 6.42 Å². The molecule has 0 saturated carbocycles. The zero-order chi connectivity index (χ0) is 10.8. The van der Waals surface area contributed by atoms with Crippen molar-refractivity contribution in [3.63, 3.8) is 0 Å². The minimum atomic E-state index is 0.617. The largest absolute Gasteiger partial charge is 0.209 e. The van der Waals surface area contributed by atoms with Gasteiger partial charge < -0.3 is 0 Å². The highest BCUT2D eigenvalue weighted by atomic mass is 14.1. The van der Waals surface area contributed by atoms with Crippen LogP contribution in [0.1, 0.15) is 12.0 Å². The summed E-state index contributed by atoms with van der Waals surface area (Å²) in [5, 5.41) is 0. The third-order valence-electron chi connectivity index (χ3n) is 3.57. The molecule has 0 radical (unpaired) electrons. The van der Waals surface area contributed by atoms with Crippen molar-refractivity contribution < 1.29 is 0 Å². The van der Waals surface area contributed by atoms with Crippen LogP contribution in [0.5, 0.6) is 0 Å². The van der Waals surface area contributed by atoms with Crippen molar-refractivity contribution in [1.82, 2.24) is 0 Å². The molecule has 3 rings (SSSR count). The predicted molar refractivity (Wildman–Crippen MR) is 71.0 cm³/mol. The van der Waals surface area contributed by atoms with Gasteiger partial charge in [-0.25, -0.2) is 0 Å². The monoisotopic (exact) mass is 206 g/mol. The predicted octanol–water partition coefficient (Wildman–Crippen LogP) is 2.24. The van der Waals surface area contributed by atoms with Crippen LogP contribution >= 0.6 is 0 Å². The van der Waals surface area contributed by atoms with Gasteiger partial charge in [0.25, 0.3) is 0 Å². The highest BCUT2D eigenvalue weighted by Crippen LogP contribution is 2.14. The van der Waals surface area contributed by atoms with Crippen LogP contribution in [0.25, 0.3) is 0 Å². The first-order valence-corrected chi connectivity index (χ1v) is 6.08. The van der Waals surface area contributed by atoms with Crippen molar-refractivity contribution in [1.29, 1.82) is 0 Å². The van der Waals surface area contributed by atoms with E-state index in [1.807, 2.05) is 0 Å². The third-order valence-corrected chi connectivity index (χ3v) is 3.57. The molecule has 1 heteroatoms. The molecule has 0 atom stereocenters. The lowest BCUT2D eigenvalue weighted by molar-refractivity contribution is 0.901. The molecule has 0 aromatic heterocycles. The van der Waals surface area contributed by atoms with Crippen LogP contribution in [0.4, 0.5) is 0 Å². The standard InChI is InChI=1S/C15H15B/c1-2-9-14(10-3-1)16-12-6-8-13-7-4-5-11-15(13)16/h1-5,7,9-11H,6,8,12H2. The van der Waals surface area contributed by atoms with Crippen molar-refractivity contribution >= 4 is 17.6 Å². The molecular formula is C15H15B. The van der Waals surface area contributed by atoms with Gasteiger partial charge in [-0.1, -0.05) is 83.8 Å². The molecule has 2 aromatic carbocycles. The van der Waals surface area contributed by atoms with E-state index in [0.717, 1.165) is 0 Å². The molecule has 1 aliphatic heterocycles. The van der Waals surface area contributed by atoms with Crippen molar-refractivity contribution in [3.05, 3.63) is 60.2 Å². The Morgan fingerprint density at radius 2 is 1.56 bits per heavy atom. The fourth-order valence-electron chi connectivity index (χ4n) is 2.79. The van der Waals surface area contributed by atoms with Gasteiger partial charge in [0.05, 0.1) is 0 Å². The van der Waals surface area contributed by atoms with E-state index in [9.17, 15) is 0 Å². The van der Waals surface area contributed by atoms with Crippen LogP contribution in [-0.2, 0) is 6.42 Å². The molecule has 0 saturated heterocycles. The summed E-state index contributed by atoms with van der Waals surface area (Å²) in [6.07, 6.45) is 3.86. The average molecular weight is 206 g/mol. The van der Waals surface area contributed by atoms with Gasteiger partial charge >= 0.3 is 0 Å². The maximum absolute atomic E-state index is 2.30. The van der Waals surface area contributed by atoms with Gasteiger partial charge in [-0.2, -0.15) is 0 Å². The van der Waals surface area contributed by atoms with Gasteiger partial charge in [0.2, 0.25) is 6.71 Å². The zero-order valence-electron chi connectivity index (χ0n) is 9.39. The van der Waals surface area contributed by atoms with E-state index in [1.54, 1.807) is 11.0 Å². The van der Waals surface area contributed by atoms with Crippen LogP contribution in [0, 0.1) is 0 Å². The minimum absolute atomic E-state index is 0.617. The van der Waals surface area contributed by atoms with E-state index in [-0.39, 0.29) is 0 Å². The van der Waals surface area contributed by atoms with Crippen molar-refractivity contribution in [2.75, 3.05) is 0 Å². The normalized spacial score (nSPS) is 14.6. The molecule has 1 aliphatic rings. The summed E-state index contributed by atoms with van der Waals surface area (Å²) in [6.45, 7) is 0.617. The second-order valence-corrected chi connectivity index (χ2v) is 4.55. The number of hydrogen-bond acceptors (Lipinski definition) is 0. The van der Waals surface area contributed by atoms with Gasteiger partial charge in [-0.3, -0.25) is 0 Å². The molecule has 0 bridgehead atoms. The van der Waals surface area contributed by atoms with Crippen LogP contribution in [-0.4, -0.2) is 6.71 Å². The van der Waals surface area contributed by atoms with Gasteiger partial charge in [0.1, 0.15) is 0 Å². The SMILES string of the molecule is c1ccc(B2CCCc3ccccc32)cc1. The van der Waals surface area contributed by atoms with Gasteiger partial charge in [0, 0.05) is 0 Å². The Kier molecular flexibility index (Phi) is 2.53. The van der Waals surface area contributed by atoms with E-state index in [2.05, 4.69) is 54.6 Å². The lowest BCUT2D eigenvalue weighted by Gasteiger charge is -2.23. The smallest absolute Gasteiger partial charge is 0.0742 e. The maximum Gasteiger partial charge on any atom is 0.209 e. The molecule has 0 amide bonds. The average Bonchev–Trinajstić information content (AvgIpc) is 2.39. The summed E-state index contributed by atoms with van der Waals surface area (Å²) in [7, 11) is 0. The first-order valence-electron chi connectivity index (χ1n) is 6.08. The Morgan fingerprint density at radius 3 is 2.44 bits per heavy atom. The summed E-state index contributed by atoms with van der Waals surface area (Å²) in [5.74, 6) is 0. The second-order valence-electron chi connectivity index (χ2n) is 4.55. The number of benzene rings is 2. The van der Waals surface area contributed by atoms with Crippen LogP contribution in [0.3, 0.4) is 0 Å². The Balaban J connectivity index is 2.05. The van der Waals surface area contributed by atoms with Crippen LogP contribution in [0.15, 0.2) is 54.6 Å². The number of hydrogen-bond donors (Lipinski definition) is 0. The fraction of sp³-hybridized carbons (Fsp3) is 0.200. The molecule has 0 nitrogen and oxygen atoms in total. The maximum atomic E-state index is 2.30. The lowest BCUT2D eigenvalue weighted by Crippen LogP contribution is -2.45. The molecule has 1 heterocycles. The summed E-state index contributed by atoms with van der Waals surface area (Å²) >= 11 is 0. The second kappa shape index (κ2) is 4.17. The Labute approximate surface area is 97.4 Å². The van der Waals surface area contributed by atoms with Crippen LogP contribution < -0.4 is 10.9 Å². The van der Waals surface area contributed by atoms with E-state index in [1.165, 1.54) is 24.6 Å². The molecule has 0 fully saturated rings. The highest BCUT2D eigenvalue weighted by molar-refractivity contribution is 6.85. The lowest BCUT2D eigenvalue weighted by atomic mass is 9.35. The van der Waals surface area contributed by atoms with Crippen molar-refractivity contribution in [2.45, 2.75) is 19.2 Å². The number of rotatable bonds is 1. The molecule has 0 unspecified atom stereocenters. The zero-order valence-corrected chi connectivity index (χ0v) is 9.39. The van der Waals surface area contributed by atoms with E-state index in [4.69, 9.17) is 0 Å². The van der Waals surface area contributed by atoms with Gasteiger partial charge in [0.15, 0.2) is 0 Å². The van der Waals surface area contributed by atoms with E-state index < -0.39 is 0 Å². The Bertz CT molecular complexity index is 476. The highest BCUT2D eigenvalue weighted by Gasteiger charge is 2.24. The Hall–Kier alpha value is -1.50. The third kappa shape index (κ3) is 1.67. The van der Waals surface area contributed by atoms with Crippen molar-refractivity contribution in [2.24, 2.45) is 0 Å². The molecule has 0 spiro atoms. The van der Waals surface area contributed by atoms with Crippen LogP contribution in [0.2, 0.25) is 6.32 Å². The van der Waals surface area contributed by atoms with Gasteiger partial charge in [-0.15, -0.1) is 0 Å². The van der Waals surface area contributed by atoms with E-state index in [0.29, 0.717) is 6.71 Å². The molecule has 0 N–H and O–H groups in total. The fourth-order valence-corrected chi connectivity index (χ4v) is 2.79. The van der Waals surface area contributed by atoms with Crippen molar-refractivity contribution in [3.8, 4) is 0 Å². The number of fused-ring (bicyclic) bond motifs is 1. The Morgan fingerprint density at radius 1 is 0.812 bits per heavy atom. The van der Waals surface area contributed by atoms with E-state index >= 15 is 0 Å². The number of aryl methyl sites for hydroxylation is 1. The summed E-state index contributed by atoms with van der Waals surface area (Å²) in [6, 6.07) is 19.8. The summed E-state index contributed by atoms with van der Waals surface area (Å²) in [4.78, 5) is 0. The molecule has 78 valence electrons. The quantitative estimate of drug-likeness (QED) is 0.627.